The highest BCUT2D eigenvalue weighted by atomic mass is 19.1. The molecule has 2 atom stereocenters. The molecule has 2 aliphatic rings. The predicted octanol–water partition coefficient (Wildman–Crippen LogP) is 9.37. The van der Waals surface area contributed by atoms with Crippen molar-refractivity contribution in [3.8, 4) is 0 Å². The summed E-state index contributed by atoms with van der Waals surface area (Å²) in [6.07, 6.45) is 4.12. The molecule has 0 spiro atoms. The third-order valence-corrected chi connectivity index (χ3v) is 17.0. The average Bonchev–Trinajstić information content (AvgIpc) is 1.62. The summed E-state index contributed by atoms with van der Waals surface area (Å²) in [5, 5.41) is 16.6. The first-order chi connectivity index (χ1) is 47.4. The van der Waals surface area contributed by atoms with Gasteiger partial charge >= 0.3 is 24.1 Å². The Morgan fingerprint density at radius 2 is 0.724 bits per heavy atom. The fourth-order valence-electron chi connectivity index (χ4n) is 11.5. The summed E-state index contributed by atoms with van der Waals surface area (Å²) >= 11 is 0. The quantitative estimate of drug-likeness (QED) is 0.0123. The van der Waals surface area contributed by atoms with Crippen LogP contribution in [-0.4, -0.2) is 122 Å². The van der Waals surface area contributed by atoms with Crippen molar-refractivity contribution in [1.82, 2.24) is 41.7 Å². The third kappa shape index (κ3) is 22.5. The Kier molecular flexibility index (Phi) is 28.2. The van der Waals surface area contributed by atoms with Crippen LogP contribution in [0.15, 0.2) is 133 Å². The summed E-state index contributed by atoms with van der Waals surface area (Å²) in [4.78, 5) is 137. The lowest BCUT2D eigenvalue weighted by atomic mass is 9.98. The van der Waals surface area contributed by atoms with Crippen molar-refractivity contribution in [1.29, 1.82) is 0 Å². The van der Waals surface area contributed by atoms with Gasteiger partial charge in [-0.1, -0.05) is 97.8 Å². The van der Waals surface area contributed by atoms with Gasteiger partial charge in [0.15, 0.2) is 0 Å². The first-order valence-electron chi connectivity index (χ1n) is 33.0. The van der Waals surface area contributed by atoms with Crippen LogP contribution in [0, 0.1) is 11.6 Å². The molecule has 0 aliphatic carbocycles. The Labute approximate surface area is 568 Å². The van der Waals surface area contributed by atoms with E-state index in [-0.39, 0.29) is 137 Å². The minimum atomic E-state index is -0.995. The van der Waals surface area contributed by atoms with Crippen LogP contribution in [0.1, 0.15) is 163 Å². The second kappa shape index (κ2) is 37.7. The van der Waals surface area contributed by atoms with Crippen molar-refractivity contribution in [2.45, 2.75) is 141 Å². The van der Waals surface area contributed by atoms with Crippen LogP contribution in [0.5, 0.6) is 0 Å². The second-order valence-electron chi connectivity index (χ2n) is 24.1. The van der Waals surface area contributed by atoms with Gasteiger partial charge in [-0.05, 0) is 157 Å². The van der Waals surface area contributed by atoms with Crippen LogP contribution < -0.4 is 31.9 Å². The minimum Gasteiger partial charge on any atom is -0.467 e. The number of nitrogens with zero attached hydrogens (tertiary/aromatic N) is 2. The predicted molar refractivity (Wildman–Crippen MR) is 357 cm³/mol. The van der Waals surface area contributed by atoms with Crippen LogP contribution in [0.3, 0.4) is 0 Å². The van der Waals surface area contributed by atoms with E-state index in [1.54, 1.807) is 82.6 Å². The summed E-state index contributed by atoms with van der Waals surface area (Å²) in [6.45, 7) is 1.63. The number of rotatable bonds is 35. The van der Waals surface area contributed by atoms with Crippen molar-refractivity contribution >= 4 is 59.6 Å². The number of amides is 8. The number of methoxy groups -OCH3 is 2. The molecule has 0 saturated heterocycles. The number of halogens is 2. The summed E-state index contributed by atoms with van der Waals surface area (Å²) in [5.74, 6) is -4.35. The van der Waals surface area contributed by atoms with Gasteiger partial charge in [0.25, 0.3) is 23.6 Å². The van der Waals surface area contributed by atoms with E-state index < -0.39 is 59.8 Å². The van der Waals surface area contributed by atoms with Crippen LogP contribution in [-0.2, 0) is 90.4 Å². The first-order valence-corrected chi connectivity index (χ1v) is 33.0. The highest BCUT2D eigenvalue weighted by Crippen LogP contribution is 2.30. The molecule has 8 rings (SSSR count). The molecule has 98 heavy (non-hydrogen) atoms. The number of alkyl carbamates (subject to hydrolysis) is 2. The summed E-state index contributed by atoms with van der Waals surface area (Å²) < 4.78 is 47.6. The van der Waals surface area contributed by atoms with Gasteiger partial charge < -0.3 is 60.6 Å². The Bertz CT molecular complexity index is 3510. The SMILES string of the molecule is COC(=O)[C@H](CCCCNC(=O)c1cc2c(cc1C(=O)NCCc1ccc(F)cc1)CN(C(=O)CCCCCCC(=O)N1Cc3cc(C(=O)NCCCC[C@H](NC(=O)OCc4ccccc4)C(=O)OC)c(C(=O)NCCc4ccc(F)cc4)cc3C1)C2)NC(=O)OCc1ccccc1. The normalized spacial score (nSPS) is 12.6. The van der Waals surface area contributed by atoms with Gasteiger partial charge in [-0.25, -0.2) is 28.0 Å². The zero-order valence-electron chi connectivity index (χ0n) is 55.2. The molecule has 8 amide bonds. The Balaban J connectivity index is 0.802. The topological polar surface area (TPSA) is 286 Å². The molecular formula is C74H84F2N8O14. The third-order valence-electron chi connectivity index (χ3n) is 17.0. The number of benzene rings is 6. The fraction of sp³-hybridized carbons (Fsp3) is 0.378. The van der Waals surface area contributed by atoms with E-state index in [0.717, 1.165) is 22.3 Å². The Morgan fingerprint density at radius 1 is 0.398 bits per heavy atom. The van der Waals surface area contributed by atoms with Gasteiger partial charge in [0.2, 0.25) is 11.8 Å². The molecular weight excluding hydrogens is 1260 g/mol. The zero-order chi connectivity index (χ0) is 69.8. The first kappa shape index (κ1) is 73.3. The van der Waals surface area contributed by atoms with E-state index in [1.165, 1.54) is 38.5 Å². The smallest absolute Gasteiger partial charge is 0.408 e. The number of carbonyl (C=O) groups is 10. The molecule has 0 unspecified atom stereocenters. The van der Waals surface area contributed by atoms with Crippen LogP contribution in [0.2, 0.25) is 0 Å². The lowest BCUT2D eigenvalue weighted by Gasteiger charge is -2.17. The number of nitrogens with one attached hydrogen (secondary N) is 6. The standard InChI is InChI=1S/C74H84F2N8O14/c1-95-71(91)63(81-73(93)97-47-51-17-7-5-8-18-51)21-13-15-35-77-67(87)59-39-53-43-83(45-55(53)41-61(59)69(89)79-37-33-49-25-29-57(75)30-26-49)65(85)23-11-3-4-12-24-66(86)84-44-54-40-60(62(42-56(54)46-84)70(90)80-38-34-50-27-31-58(76)32-28-50)68(88)78-36-16-14-22-64(72(92)96-2)82-74(94)98-48-52-19-9-6-10-20-52/h5-10,17-20,25-32,39-42,63-64H,3-4,11-16,21-24,33-38,43-48H2,1-2H3,(H,77,87)(H,78,88)(H,79,89)(H,80,90)(H,81,93)(H,82,94)/t63-,64-/m0/s1. The summed E-state index contributed by atoms with van der Waals surface area (Å²) in [6, 6.07) is 34.5. The Morgan fingerprint density at radius 3 is 1.05 bits per heavy atom. The van der Waals surface area contributed by atoms with Gasteiger partial charge in [-0.2, -0.15) is 0 Å². The molecule has 2 heterocycles. The molecule has 6 aromatic rings. The largest absolute Gasteiger partial charge is 0.467 e. The number of hydrogen-bond acceptors (Lipinski definition) is 14. The van der Waals surface area contributed by atoms with E-state index in [4.69, 9.17) is 18.9 Å². The van der Waals surface area contributed by atoms with Crippen molar-refractivity contribution in [3.63, 3.8) is 0 Å². The summed E-state index contributed by atoms with van der Waals surface area (Å²) in [7, 11) is 2.43. The molecule has 0 saturated carbocycles. The maximum atomic E-state index is 13.9. The molecule has 6 N–H and O–H groups in total. The maximum Gasteiger partial charge on any atom is 0.408 e. The van der Waals surface area contributed by atoms with Gasteiger partial charge in [-0.3, -0.25) is 28.8 Å². The van der Waals surface area contributed by atoms with E-state index in [9.17, 15) is 56.7 Å². The molecule has 2 aliphatic heterocycles. The molecule has 0 bridgehead atoms. The number of esters is 2. The Hall–Kier alpha value is -10.5. The molecule has 0 radical (unpaired) electrons. The number of carbonyl (C=O) groups excluding carboxylic acids is 10. The molecule has 0 fully saturated rings. The van der Waals surface area contributed by atoms with Crippen LogP contribution >= 0.6 is 0 Å². The van der Waals surface area contributed by atoms with Crippen LogP contribution in [0.4, 0.5) is 18.4 Å². The highest BCUT2D eigenvalue weighted by molar-refractivity contribution is 6.08. The second-order valence-corrected chi connectivity index (χ2v) is 24.1. The summed E-state index contributed by atoms with van der Waals surface area (Å²) in [5.41, 5.74) is 6.46. The molecule has 6 aromatic carbocycles. The van der Waals surface area contributed by atoms with E-state index in [1.807, 2.05) is 36.4 Å². The van der Waals surface area contributed by atoms with Gasteiger partial charge in [0, 0.05) is 65.2 Å². The number of hydrogen-bond donors (Lipinski definition) is 6. The van der Waals surface area contributed by atoms with Crippen molar-refractivity contribution in [3.05, 3.63) is 212 Å². The van der Waals surface area contributed by atoms with E-state index >= 15 is 0 Å². The van der Waals surface area contributed by atoms with Gasteiger partial charge in [0.1, 0.15) is 36.9 Å². The van der Waals surface area contributed by atoms with Crippen molar-refractivity contribution in [2.75, 3.05) is 40.4 Å². The monoisotopic (exact) mass is 1350 g/mol. The lowest BCUT2D eigenvalue weighted by molar-refractivity contribution is -0.144. The average molecular weight is 1350 g/mol. The van der Waals surface area contributed by atoms with Crippen molar-refractivity contribution in [2.24, 2.45) is 0 Å². The highest BCUT2D eigenvalue weighted by Gasteiger charge is 2.31. The molecule has 24 heteroatoms. The lowest BCUT2D eigenvalue weighted by Crippen LogP contribution is -2.41. The number of ether oxygens (including phenoxy) is 4. The van der Waals surface area contributed by atoms with Crippen LogP contribution in [0.25, 0.3) is 0 Å². The number of unbranched alkanes of at least 4 members (excludes halogenated alkanes) is 5. The van der Waals surface area contributed by atoms with E-state index in [0.29, 0.717) is 86.5 Å². The molecule has 518 valence electrons. The van der Waals surface area contributed by atoms with E-state index in [2.05, 4.69) is 31.9 Å². The minimum absolute atomic E-state index is 0.00843. The zero-order valence-corrected chi connectivity index (χ0v) is 55.2. The van der Waals surface area contributed by atoms with Crippen molar-refractivity contribution < 1.29 is 75.7 Å². The number of fused-ring (bicyclic) bond motifs is 2. The molecule has 0 aromatic heterocycles. The van der Waals surface area contributed by atoms with Gasteiger partial charge in [0.05, 0.1) is 36.5 Å². The molecule has 22 nitrogen and oxygen atoms in total. The van der Waals surface area contributed by atoms with Gasteiger partial charge in [-0.15, -0.1) is 0 Å². The maximum absolute atomic E-state index is 13.9. The fourth-order valence-corrected chi connectivity index (χ4v) is 11.5.